The number of nitrogens with zero attached hydrogens (tertiary/aromatic N) is 2. The summed E-state index contributed by atoms with van der Waals surface area (Å²) in [6, 6.07) is 8.70. The van der Waals surface area contributed by atoms with Crippen molar-refractivity contribution < 1.29 is 37.4 Å². The number of hydrogen-bond donors (Lipinski definition) is 2. The fraction of sp³-hybridized carbons (Fsp3) is 0.304. The van der Waals surface area contributed by atoms with Gasteiger partial charge in [-0.15, -0.1) is 0 Å². The molecule has 0 unspecified atom stereocenters. The highest BCUT2D eigenvalue weighted by Gasteiger charge is 2.22. The third-order valence-corrected chi connectivity index (χ3v) is 4.46. The summed E-state index contributed by atoms with van der Waals surface area (Å²) >= 11 is 0. The molecule has 34 heavy (non-hydrogen) atoms. The van der Waals surface area contributed by atoms with Crippen molar-refractivity contribution in [2.24, 2.45) is 0 Å². The standard InChI is InChI=1S/C23H23F2N3O6/c1-4-16-19(20(29)26-11-14-6-5-7-15(27-14)22(30)31)28-21(33-16)13-8-9-17(34-23(24)25)18(10-13)32-12(2)3/h5-10,12,23H,4,11H2,1-3H3,(H,26,29)(H,30,31). The largest absolute Gasteiger partial charge is 0.487 e. The number of aromatic nitrogens is 2. The smallest absolute Gasteiger partial charge is 0.387 e. The van der Waals surface area contributed by atoms with Crippen LogP contribution in [0.3, 0.4) is 0 Å². The second-order valence-electron chi connectivity index (χ2n) is 7.35. The van der Waals surface area contributed by atoms with Crippen LogP contribution in [-0.4, -0.2) is 39.7 Å². The zero-order chi connectivity index (χ0) is 24.8. The van der Waals surface area contributed by atoms with Gasteiger partial charge in [0.15, 0.2) is 17.2 Å². The lowest BCUT2D eigenvalue weighted by Gasteiger charge is -2.15. The van der Waals surface area contributed by atoms with Gasteiger partial charge in [-0.2, -0.15) is 8.78 Å². The summed E-state index contributed by atoms with van der Waals surface area (Å²) in [5.41, 5.74) is 0.677. The Bertz CT molecular complexity index is 1180. The van der Waals surface area contributed by atoms with Crippen LogP contribution in [0, 0.1) is 0 Å². The Morgan fingerprint density at radius 3 is 2.53 bits per heavy atom. The van der Waals surface area contributed by atoms with Gasteiger partial charge < -0.3 is 24.3 Å². The van der Waals surface area contributed by atoms with Gasteiger partial charge in [-0.3, -0.25) is 4.79 Å². The van der Waals surface area contributed by atoms with Crippen LogP contribution in [0.15, 0.2) is 40.8 Å². The highest BCUT2D eigenvalue weighted by atomic mass is 19.3. The maximum Gasteiger partial charge on any atom is 0.387 e. The number of rotatable bonds is 10. The zero-order valence-corrected chi connectivity index (χ0v) is 18.7. The summed E-state index contributed by atoms with van der Waals surface area (Å²) < 4.78 is 41.3. The van der Waals surface area contributed by atoms with Crippen LogP contribution >= 0.6 is 0 Å². The summed E-state index contributed by atoms with van der Waals surface area (Å²) in [7, 11) is 0. The van der Waals surface area contributed by atoms with Gasteiger partial charge in [-0.25, -0.2) is 14.8 Å². The van der Waals surface area contributed by atoms with Crippen molar-refractivity contribution in [2.45, 2.75) is 46.5 Å². The number of alkyl halides is 2. The Morgan fingerprint density at radius 2 is 1.88 bits per heavy atom. The van der Waals surface area contributed by atoms with E-state index >= 15 is 0 Å². The normalized spacial score (nSPS) is 11.0. The molecule has 0 fully saturated rings. The first kappa shape index (κ1) is 24.6. The van der Waals surface area contributed by atoms with E-state index in [4.69, 9.17) is 14.3 Å². The molecule has 3 rings (SSSR count). The number of hydrogen-bond acceptors (Lipinski definition) is 7. The summed E-state index contributed by atoms with van der Waals surface area (Å²) in [6.45, 7) is 2.23. The summed E-state index contributed by atoms with van der Waals surface area (Å²) in [4.78, 5) is 32.0. The Hall–Kier alpha value is -4.02. The van der Waals surface area contributed by atoms with Crippen molar-refractivity contribution in [3.8, 4) is 23.0 Å². The van der Waals surface area contributed by atoms with Crippen molar-refractivity contribution in [3.05, 3.63) is 59.2 Å². The molecule has 1 amide bonds. The quantitative estimate of drug-likeness (QED) is 0.444. The predicted molar refractivity (Wildman–Crippen MR) is 116 cm³/mol. The molecule has 2 N–H and O–H groups in total. The van der Waals surface area contributed by atoms with Gasteiger partial charge >= 0.3 is 12.6 Å². The molecule has 0 aliphatic heterocycles. The van der Waals surface area contributed by atoms with E-state index in [1.807, 2.05) is 0 Å². The van der Waals surface area contributed by atoms with Gasteiger partial charge in [-0.1, -0.05) is 13.0 Å². The molecule has 180 valence electrons. The van der Waals surface area contributed by atoms with E-state index in [2.05, 4.69) is 20.0 Å². The maximum atomic E-state index is 12.7. The number of ether oxygens (including phenoxy) is 2. The number of nitrogens with one attached hydrogen (secondary N) is 1. The minimum Gasteiger partial charge on any atom is -0.487 e. The van der Waals surface area contributed by atoms with Gasteiger partial charge in [0.05, 0.1) is 18.3 Å². The minimum absolute atomic E-state index is 0.0165. The number of carboxylic acids is 1. The summed E-state index contributed by atoms with van der Waals surface area (Å²) in [6.07, 6.45) is 0.0605. The first-order chi connectivity index (χ1) is 16.2. The number of aromatic carboxylic acids is 1. The molecule has 0 aliphatic rings. The first-order valence-electron chi connectivity index (χ1n) is 10.4. The maximum absolute atomic E-state index is 12.7. The molecule has 11 heteroatoms. The van der Waals surface area contributed by atoms with E-state index in [9.17, 15) is 18.4 Å². The van der Waals surface area contributed by atoms with Crippen LogP contribution < -0.4 is 14.8 Å². The lowest BCUT2D eigenvalue weighted by Crippen LogP contribution is -2.25. The molecule has 0 spiro atoms. The number of halogens is 2. The number of carbonyl (C=O) groups is 2. The van der Waals surface area contributed by atoms with Crippen LogP contribution in [0.5, 0.6) is 11.5 Å². The van der Waals surface area contributed by atoms with Crippen LogP contribution in [0.4, 0.5) is 8.78 Å². The predicted octanol–water partition coefficient (Wildman–Crippen LogP) is 4.32. The van der Waals surface area contributed by atoms with Crippen LogP contribution in [0.2, 0.25) is 0 Å². The molecule has 0 saturated heterocycles. The van der Waals surface area contributed by atoms with E-state index in [1.54, 1.807) is 26.8 Å². The number of pyridine rings is 1. The summed E-state index contributed by atoms with van der Waals surface area (Å²) in [5.74, 6) is -1.34. The van der Waals surface area contributed by atoms with Crippen LogP contribution in [-0.2, 0) is 13.0 Å². The Morgan fingerprint density at radius 1 is 1.12 bits per heavy atom. The monoisotopic (exact) mass is 475 g/mol. The van der Waals surface area contributed by atoms with Gasteiger partial charge in [-0.05, 0) is 44.2 Å². The lowest BCUT2D eigenvalue weighted by molar-refractivity contribution is -0.0518. The minimum atomic E-state index is -3.02. The summed E-state index contributed by atoms with van der Waals surface area (Å²) in [5, 5.41) is 11.7. The van der Waals surface area contributed by atoms with E-state index in [0.29, 0.717) is 23.4 Å². The molecule has 0 bridgehead atoms. The molecule has 9 nitrogen and oxygen atoms in total. The van der Waals surface area contributed by atoms with E-state index in [1.165, 1.54) is 30.3 Å². The average Bonchev–Trinajstić information content (AvgIpc) is 3.23. The van der Waals surface area contributed by atoms with Gasteiger partial charge in [0.25, 0.3) is 5.91 Å². The number of carboxylic acid groups (broad SMARTS) is 1. The highest BCUT2D eigenvalue weighted by molar-refractivity contribution is 5.93. The second kappa shape index (κ2) is 10.7. The fourth-order valence-corrected chi connectivity index (χ4v) is 3.02. The number of aryl methyl sites for hydroxylation is 1. The third kappa shape index (κ3) is 6.06. The van der Waals surface area contributed by atoms with Gasteiger partial charge in [0.1, 0.15) is 11.5 Å². The highest BCUT2D eigenvalue weighted by Crippen LogP contribution is 2.35. The van der Waals surface area contributed by atoms with Crippen molar-refractivity contribution in [2.75, 3.05) is 0 Å². The topological polar surface area (TPSA) is 124 Å². The van der Waals surface area contributed by atoms with Crippen molar-refractivity contribution in [1.82, 2.24) is 15.3 Å². The second-order valence-corrected chi connectivity index (χ2v) is 7.35. The van der Waals surface area contributed by atoms with E-state index < -0.39 is 18.5 Å². The number of carbonyl (C=O) groups excluding carboxylic acids is 1. The Kier molecular flexibility index (Phi) is 7.77. The van der Waals surface area contributed by atoms with Crippen molar-refractivity contribution >= 4 is 11.9 Å². The zero-order valence-electron chi connectivity index (χ0n) is 18.7. The molecule has 2 heterocycles. The van der Waals surface area contributed by atoms with Gasteiger partial charge in [0, 0.05) is 12.0 Å². The Balaban J connectivity index is 1.84. The first-order valence-corrected chi connectivity index (χ1v) is 10.4. The molecular formula is C23H23F2N3O6. The number of oxazole rings is 1. The van der Waals surface area contributed by atoms with E-state index in [-0.39, 0.29) is 41.4 Å². The molecule has 0 radical (unpaired) electrons. The SMILES string of the molecule is CCc1oc(-c2ccc(OC(F)F)c(OC(C)C)c2)nc1C(=O)NCc1cccc(C(=O)O)n1. The molecule has 0 atom stereocenters. The Labute approximate surface area is 193 Å². The van der Waals surface area contributed by atoms with Crippen molar-refractivity contribution in [1.29, 1.82) is 0 Å². The molecule has 0 saturated carbocycles. The van der Waals surface area contributed by atoms with Crippen LogP contribution in [0.1, 0.15) is 53.2 Å². The number of benzene rings is 1. The van der Waals surface area contributed by atoms with E-state index in [0.717, 1.165) is 0 Å². The molecule has 3 aromatic rings. The average molecular weight is 475 g/mol. The van der Waals surface area contributed by atoms with Gasteiger partial charge in [0.2, 0.25) is 5.89 Å². The number of amides is 1. The van der Waals surface area contributed by atoms with Crippen LogP contribution in [0.25, 0.3) is 11.5 Å². The lowest BCUT2D eigenvalue weighted by atomic mass is 10.2. The molecule has 0 aliphatic carbocycles. The fourth-order valence-electron chi connectivity index (χ4n) is 3.02. The molecule has 2 aromatic heterocycles. The molecule has 1 aromatic carbocycles. The third-order valence-electron chi connectivity index (χ3n) is 4.46. The van der Waals surface area contributed by atoms with Crippen molar-refractivity contribution in [3.63, 3.8) is 0 Å². The molecular weight excluding hydrogens is 452 g/mol.